The van der Waals surface area contributed by atoms with Gasteiger partial charge in [0.25, 0.3) is 0 Å². The van der Waals surface area contributed by atoms with Crippen LogP contribution < -0.4 is 11.3 Å². The van der Waals surface area contributed by atoms with Gasteiger partial charge in [-0.05, 0) is 12.1 Å². The number of hydrazine groups is 1. The Morgan fingerprint density at radius 1 is 1.46 bits per heavy atom. The van der Waals surface area contributed by atoms with Crippen molar-refractivity contribution in [3.63, 3.8) is 0 Å². The van der Waals surface area contributed by atoms with Crippen LogP contribution in [0, 0.1) is 12.3 Å². The molecule has 0 saturated carbocycles. The molecule has 1 aromatic carbocycles. The van der Waals surface area contributed by atoms with Crippen LogP contribution in [0.15, 0.2) is 30.3 Å². The standard InChI is InChI=1S/C8H6.CH4N2O2/c1-2-8-6-4-3-5-7-8;2-3-1(4)5/h1,3-7H;3H,2H2,(H,4,5). The lowest BCUT2D eigenvalue weighted by atomic mass is 10.2. The van der Waals surface area contributed by atoms with Crippen molar-refractivity contribution >= 4 is 6.09 Å². The van der Waals surface area contributed by atoms with Crippen molar-refractivity contribution in [2.45, 2.75) is 0 Å². The van der Waals surface area contributed by atoms with E-state index in [1.165, 1.54) is 5.43 Å². The first-order chi connectivity index (χ1) is 6.20. The van der Waals surface area contributed by atoms with Gasteiger partial charge in [0.1, 0.15) is 0 Å². The zero-order valence-electron chi connectivity index (χ0n) is 6.90. The zero-order valence-corrected chi connectivity index (χ0v) is 6.90. The Bertz CT molecular complexity index is 290. The summed E-state index contributed by atoms with van der Waals surface area (Å²) in [6, 6.07) is 9.60. The van der Waals surface area contributed by atoms with Gasteiger partial charge in [0.05, 0.1) is 0 Å². The summed E-state index contributed by atoms with van der Waals surface area (Å²) in [6.07, 6.45) is 3.88. The number of benzene rings is 1. The van der Waals surface area contributed by atoms with Crippen LogP contribution in [0.4, 0.5) is 4.79 Å². The van der Waals surface area contributed by atoms with E-state index in [1.807, 2.05) is 30.3 Å². The summed E-state index contributed by atoms with van der Waals surface area (Å²) in [7, 11) is 0. The van der Waals surface area contributed by atoms with E-state index in [9.17, 15) is 0 Å². The Morgan fingerprint density at radius 3 is 2.15 bits per heavy atom. The van der Waals surface area contributed by atoms with Crippen molar-refractivity contribution in [1.82, 2.24) is 5.43 Å². The molecule has 0 atom stereocenters. The number of nitrogens with one attached hydrogen (secondary N) is 1. The van der Waals surface area contributed by atoms with E-state index >= 15 is 0 Å². The first-order valence-electron chi connectivity index (χ1n) is 3.42. The third-order valence-electron chi connectivity index (χ3n) is 1.06. The lowest BCUT2D eigenvalue weighted by Gasteiger charge is -1.82. The number of carbonyl (C=O) groups is 1. The second-order valence-corrected chi connectivity index (χ2v) is 1.96. The molecule has 0 unspecified atom stereocenters. The molecule has 0 spiro atoms. The summed E-state index contributed by atoms with van der Waals surface area (Å²) >= 11 is 0. The predicted molar refractivity (Wildman–Crippen MR) is 49.7 cm³/mol. The maximum Gasteiger partial charge on any atom is 0.418 e. The number of rotatable bonds is 0. The molecule has 13 heavy (non-hydrogen) atoms. The minimum absolute atomic E-state index is 0.938. The van der Waals surface area contributed by atoms with Gasteiger partial charge in [0.15, 0.2) is 0 Å². The van der Waals surface area contributed by atoms with Crippen molar-refractivity contribution < 1.29 is 9.90 Å². The van der Waals surface area contributed by atoms with Gasteiger partial charge in [-0.15, -0.1) is 6.42 Å². The molecule has 0 aliphatic heterocycles. The molecule has 0 heterocycles. The number of amides is 1. The SMILES string of the molecule is C#Cc1ccccc1.NNC(=O)O. The van der Waals surface area contributed by atoms with Gasteiger partial charge >= 0.3 is 6.09 Å². The number of carboxylic acid groups (broad SMARTS) is 1. The molecular formula is C9H10N2O2. The topological polar surface area (TPSA) is 75.3 Å². The van der Waals surface area contributed by atoms with Crippen molar-refractivity contribution in [3.8, 4) is 12.3 Å². The lowest BCUT2D eigenvalue weighted by molar-refractivity contribution is 0.194. The molecule has 0 saturated heterocycles. The van der Waals surface area contributed by atoms with E-state index in [-0.39, 0.29) is 0 Å². The maximum atomic E-state index is 9.13. The molecule has 0 aliphatic carbocycles. The highest BCUT2D eigenvalue weighted by atomic mass is 16.4. The van der Waals surface area contributed by atoms with Crippen LogP contribution >= 0.6 is 0 Å². The lowest BCUT2D eigenvalue weighted by Crippen LogP contribution is -2.27. The summed E-state index contributed by atoms with van der Waals surface area (Å²) < 4.78 is 0. The zero-order chi connectivity index (χ0) is 10.1. The predicted octanol–water partition coefficient (Wildman–Crippen LogP) is 0.796. The first kappa shape index (κ1) is 11.0. The van der Waals surface area contributed by atoms with E-state index in [0.717, 1.165) is 5.56 Å². The third kappa shape index (κ3) is 6.41. The number of hydrogen-bond donors (Lipinski definition) is 3. The Balaban J connectivity index is 0.000000252. The van der Waals surface area contributed by atoms with Crippen molar-refractivity contribution in [2.24, 2.45) is 5.84 Å². The van der Waals surface area contributed by atoms with Crippen molar-refractivity contribution in [2.75, 3.05) is 0 Å². The van der Waals surface area contributed by atoms with E-state index < -0.39 is 6.09 Å². The van der Waals surface area contributed by atoms with Gasteiger partial charge in [-0.25, -0.2) is 10.6 Å². The molecule has 0 aromatic heterocycles. The second-order valence-electron chi connectivity index (χ2n) is 1.96. The normalized spacial score (nSPS) is 7.38. The Morgan fingerprint density at radius 2 is 1.92 bits per heavy atom. The summed E-state index contributed by atoms with van der Waals surface area (Å²) in [6.45, 7) is 0. The molecule has 0 bridgehead atoms. The second kappa shape index (κ2) is 6.70. The van der Waals surface area contributed by atoms with Crippen LogP contribution in [-0.2, 0) is 0 Å². The molecule has 1 aromatic rings. The van der Waals surface area contributed by atoms with Crippen molar-refractivity contribution in [1.29, 1.82) is 0 Å². The summed E-state index contributed by atoms with van der Waals surface area (Å²) in [5, 5.41) is 7.49. The molecule has 4 nitrogen and oxygen atoms in total. The molecule has 0 radical (unpaired) electrons. The molecular weight excluding hydrogens is 168 g/mol. The highest BCUT2D eigenvalue weighted by Crippen LogP contribution is 1.92. The van der Waals surface area contributed by atoms with E-state index in [1.54, 1.807) is 0 Å². The van der Waals surface area contributed by atoms with Gasteiger partial charge < -0.3 is 5.11 Å². The quantitative estimate of drug-likeness (QED) is 0.238. The molecule has 4 N–H and O–H groups in total. The highest BCUT2D eigenvalue weighted by Gasteiger charge is 1.77. The molecule has 1 rings (SSSR count). The van der Waals surface area contributed by atoms with Crippen LogP contribution in [0.2, 0.25) is 0 Å². The molecule has 0 aliphatic rings. The van der Waals surface area contributed by atoms with E-state index in [4.69, 9.17) is 16.3 Å². The Labute approximate surface area is 76.3 Å². The Kier molecular flexibility index (Phi) is 5.68. The summed E-state index contributed by atoms with van der Waals surface area (Å²) in [5.74, 6) is 6.85. The molecule has 4 heteroatoms. The molecule has 1 amide bonds. The monoisotopic (exact) mass is 178 g/mol. The van der Waals surface area contributed by atoms with Crippen LogP contribution in [0.1, 0.15) is 5.56 Å². The molecule has 68 valence electrons. The van der Waals surface area contributed by atoms with E-state index in [0.29, 0.717) is 0 Å². The Hall–Kier alpha value is -1.99. The maximum absolute atomic E-state index is 9.13. The van der Waals surface area contributed by atoms with Gasteiger partial charge in [-0.3, -0.25) is 5.43 Å². The largest absolute Gasteiger partial charge is 0.464 e. The summed E-state index contributed by atoms with van der Waals surface area (Å²) in [5.41, 5.74) is 2.38. The fraction of sp³-hybridized carbons (Fsp3) is 0. The average molecular weight is 178 g/mol. The average Bonchev–Trinajstić information content (AvgIpc) is 2.20. The fourth-order valence-electron chi connectivity index (χ4n) is 0.534. The van der Waals surface area contributed by atoms with Crippen LogP contribution in [0.3, 0.4) is 0 Å². The van der Waals surface area contributed by atoms with Gasteiger partial charge in [0, 0.05) is 5.56 Å². The number of hydrogen-bond acceptors (Lipinski definition) is 2. The molecule has 0 fully saturated rings. The minimum Gasteiger partial charge on any atom is -0.464 e. The smallest absolute Gasteiger partial charge is 0.418 e. The van der Waals surface area contributed by atoms with Crippen LogP contribution in [-0.4, -0.2) is 11.2 Å². The van der Waals surface area contributed by atoms with Gasteiger partial charge in [-0.2, -0.15) is 0 Å². The number of terminal acetylenes is 1. The van der Waals surface area contributed by atoms with Crippen LogP contribution in [0.5, 0.6) is 0 Å². The highest BCUT2D eigenvalue weighted by molar-refractivity contribution is 5.63. The van der Waals surface area contributed by atoms with Gasteiger partial charge in [-0.1, -0.05) is 24.1 Å². The first-order valence-corrected chi connectivity index (χ1v) is 3.42. The fourth-order valence-corrected chi connectivity index (χ4v) is 0.534. The van der Waals surface area contributed by atoms with Gasteiger partial charge in [0.2, 0.25) is 0 Å². The number of nitrogens with two attached hydrogens (primary N) is 1. The van der Waals surface area contributed by atoms with Crippen LogP contribution in [0.25, 0.3) is 0 Å². The minimum atomic E-state index is -1.22. The third-order valence-corrected chi connectivity index (χ3v) is 1.06. The van der Waals surface area contributed by atoms with E-state index in [2.05, 4.69) is 11.8 Å². The summed E-state index contributed by atoms with van der Waals surface area (Å²) in [4.78, 5) is 9.13. The van der Waals surface area contributed by atoms with Crippen molar-refractivity contribution in [3.05, 3.63) is 35.9 Å².